The van der Waals surface area contributed by atoms with E-state index in [0.29, 0.717) is 0 Å². The van der Waals surface area contributed by atoms with Crippen LogP contribution in [0.5, 0.6) is 5.75 Å². The average Bonchev–Trinajstić information content (AvgIpc) is 2.84. The lowest BCUT2D eigenvalue weighted by Crippen LogP contribution is -2.74. The largest absolute Gasteiger partial charge is 0.507 e. The quantitative estimate of drug-likeness (QED) is 0.242. The number of aliphatic hydroxyl groups is 1. The van der Waals surface area contributed by atoms with Crippen molar-refractivity contribution >= 4 is 29.0 Å². The van der Waals surface area contributed by atoms with Crippen molar-refractivity contribution < 1.29 is 52.1 Å². The van der Waals surface area contributed by atoms with Crippen molar-refractivity contribution in [1.82, 2.24) is 10.2 Å². The normalized spacial score (nSPS) is 29.5. The first-order valence-electron chi connectivity index (χ1n) is 13.6. The van der Waals surface area contributed by atoms with Gasteiger partial charge in [-0.1, -0.05) is 0 Å². The van der Waals surface area contributed by atoms with E-state index in [1.165, 1.54) is 19.0 Å². The Hall–Kier alpha value is -3.20. The van der Waals surface area contributed by atoms with Crippen LogP contribution in [0.15, 0.2) is 6.07 Å². The molecule has 5 N–H and O–H groups in total. The molecule has 230 valence electrons. The molecule has 0 heterocycles. The molecule has 11 nitrogen and oxygen atoms in total. The molecule has 2 fully saturated rings. The number of carbonyl (C=O) groups excluding carboxylic acids is 5. The topological polar surface area (TPSA) is 176 Å². The zero-order valence-corrected chi connectivity index (χ0v) is 23.6. The maximum absolute atomic E-state index is 14.5. The number of amides is 1. The van der Waals surface area contributed by atoms with Crippen molar-refractivity contribution in [2.24, 2.45) is 29.4 Å². The molecule has 2 unspecified atom stereocenters. The predicted octanol–water partition coefficient (Wildman–Crippen LogP) is 0.400. The Morgan fingerprint density at radius 2 is 1.86 bits per heavy atom. The summed E-state index contributed by atoms with van der Waals surface area (Å²) in [5.74, 6) is -13.5. The fourth-order valence-electron chi connectivity index (χ4n) is 6.83. The van der Waals surface area contributed by atoms with Gasteiger partial charge in [0.2, 0.25) is 5.91 Å². The first-order chi connectivity index (χ1) is 19.4. The Morgan fingerprint density at radius 3 is 2.40 bits per heavy atom. The summed E-state index contributed by atoms with van der Waals surface area (Å²) in [7, 11) is 2.83. The van der Waals surface area contributed by atoms with Crippen LogP contribution in [0.1, 0.15) is 47.3 Å². The van der Waals surface area contributed by atoms with Crippen LogP contribution >= 0.6 is 0 Å². The first kappa shape index (κ1) is 31.7. The molecule has 0 aliphatic heterocycles. The molecule has 1 aromatic carbocycles. The highest BCUT2D eigenvalue weighted by Gasteiger charge is 2.69. The van der Waals surface area contributed by atoms with Gasteiger partial charge >= 0.3 is 6.18 Å². The molecule has 42 heavy (non-hydrogen) atoms. The van der Waals surface area contributed by atoms with Crippen LogP contribution in [0.4, 0.5) is 13.2 Å². The predicted molar refractivity (Wildman–Crippen MR) is 139 cm³/mol. The standard InChI is InChI=1S/C28H34F3N3O8/c1-11(2)42-6-5-33-10-13-9-16(35)18-14(20(13)28(29,30)31)7-12-8-15-21(34(3)4)23(37)19(26(32)40)25(39)27(15,41)24(38)17(12)22(18)36/h9,11-12,15,17,19,21,33,35,41H,5-8,10H2,1-4H3,(H2,32,40)/t12-,15-,17?,19?,21-,27-/m0/s1. The number of carbonyl (C=O) groups is 5. The number of phenolic OH excluding ortho intramolecular Hbond substituents is 1. The lowest BCUT2D eigenvalue weighted by atomic mass is 9.52. The second-order valence-electron chi connectivity index (χ2n) is 11.7. The number of nitrogens with two attached hydrogens (primary N) is 1. The second kappa shape index (κ2) is 11.1. The number of ether oxygens (including phenoxy) is 1. The summed E-state index contributed by atoms with van der Waals surface area (Å²) in [5.41, 5.74) is -0.320. The minimum absolute atomic E-state index is 0.0799. The van der Waals surface area contributed by atoms with E-state index in [1.54, 1.807) is 13.8 Å². The number of hydrogen-bond acceptors (Lipinski definition) is 10. The highest BCUT2D eigenvalue weighted by Crippen LogP contribution is 2.52. The number of likely N-dealkylation sites (N-methyl/N-ethyl adjacent to an activating group) is 1. The average molecular weight is 598 g/mol. The van der Waals surface area contributed by atoms with Crippen LogP contribution in [0.3, 0.4) is 0 Å². The van der Waals surface area contributed by atoms with Gasteiger partial charge in [0.25, 0.3) is 0 Å². The number of nitrogens with zero attached hydrogens (tertiary/aromatic N) is 1. The van der Waals surface area contributed by atoms with Gasteiger partial charge in [-0.05, 0) is 63.9 Å². The zero-order valence-electron chi connectivity index (χ0n) is 23.6. The van der Waals surface area contributed by atoms with Crippen molar-refractivity contribution in [3.8, 4) is 5.75 Å². The first-order valence-corrected chi connectivity index (χ1v) is 13.6. The van der Waals surface area contributed by atoms with Crippen molar-refractivity contribution in [2.75, 3.05) is 27.2 Å². The number of nitrogens with one attached hydrogen (secondary N) is 1. The molecule has 0 aromatic heterocycles. The summed E-state index contributed by atoms with van der Waals surface area (Å²) in [6.07, 6.45) is -5.85. The van der Waals surface area contributed by atoms with Gasteiger partial charge in [0.1, 0.15) is 5.75 Å². The van der Waals surface area contributed by atoms with Gasteiger partial charge in [0.05, 0.1) is 35.8 Å². The number of alkyl halides is 3. The van der Waals surface area contributed by atoms with Crippen molar-refractivity contribution in [1.29, 1.82) is 0 Å². The highest BCUT2D eigenvalue weighted by atomic mass is 19.4. The molecule has 2 saturated carbocycles. The van der Waals surface area contributed by atoms with Gasteiger partial charge in [0, 0.05) is 19.0 Å². The number of benzene rings is 1. The third kappa shape index (κ3) is 5.03. The van der Waals surface area contributed by atoms with Crippen molar-refractivity contribution in [2.45, 2.75) is 57.2 Å². The number of aromatic hydroxyl groups is 1. The van der Waals surface area contributed by atoms with Crippen LogP contribution in [0, 0.1) is 23.7 Å². The van der Waals surface area contributed by atoms with E-state index in [2.05, 4.69) is 5.32 Å². The van der Waals surface area contributed by atoms with E-state index in [-0.39, 0.29) is 37.8 Å². The van der Waals surface area contributed by atoms with E-state index in [0.717, 1.165) is 6.07 Å². The number of Topliss-reactive ketones (excluding diaryl/α,β-unsaturated/α-hetero) is 4. The van der Waals surface area contributed by atoms with Crippen LogP contribution in [-0.2, 0) is 43.1 Å². The number of halogens is 3. The molecule has 1 aromatic rings. The highest BCUT2D eigenvalue weighted by molar-refractivity contribution is 6.32. The molecule has 0 bridgehead atoms. The van der Waals surface area contributed by atoms with E-state index in [4.69, 9.17) is 10.5 Å². The summed E-state index contributed by atoms with van der Waals surface area (Å²) in [4.78, 5) is 67.3. The Balaban J connectivity index is 1.80. The number of rotatable bonds is 8. The smallest absolute Gasteiger partial charge is 0.417 e. The number of ketones is 4. The molecule has 14 heteroatoms. The molecule has 3 aliphatic carbocycles. The van der Waals surface area contributed by atoms with E-state index < -0.39 is 99.4 Å². The van der Waals surface area contributed by atoms with E-state index in [9.17, 15) is 47.4 Å². The monoisotopic (exact) mass is 597 g/mol. The van der Waals surface area contributed by atoms with Gasteiger partial charge in [-0.2, -0.15) is 13.2 Å². The SMILES string of the molecule is CC(C)OCCNCc1cc(O)c2c(c1C(F)(F)F)C[C@H]1C[C@H]3[C@H](N(C)C)C(=O)C(C(N)=O)C(=O)[C@@]3(O)C(=O)C1C2=O. The zero-order chi connectivity index (χ0) is 31.5. The molecule has 4 rings (SSSR count). The van der Waals surface area contributed by atoms with Crippen LogP contribution in [0.2, 0.25) is 0 Å². The Kier molecular flexibility index (Phi) is 8.41. The molecule has 0 radical (unpaired) electrons. The Morgan fingerprint density at radius 1 is 1.21 bits per heavy atom. The van der Waals surface area contributed by atoms with Gasteiger partial charge < -0.3 is 26.0 Å². The molecule has 3 aliphatic rings. The number of phenols is 1. The maximum Gasteiger partial charge on any atom is 0.417 e. The molecule has 0 spiro atoms. The van der Waals surface area contributed by atoms with E-state index in [1.807, 2.05) is 0 Å². The molecular weight excluding hydrogens is 563 g/mol. The molecule has 6 atom stereocenters. The molecule has 0 saturated heterocycles. The van der Waals surface area contributed by atoms with Crippen LogP contribution < -0.4 is 11.1 Å². The van der Waals surface area contributed by atoms with Crippen LogP contribution in [-0.4, -0.2) is 89.1 Å². The van der Waals surface area contributed by atoms with Crippen LogP contribution in [0.25, 0.3) is 0 Å². The number of hydrogen-bond donors (Lipinski definition) is 4. The lowest BCUT2D eigenvalue weighted by Gasteiger charge is -2.52. The summed E-state index contributed by atoms with van der Waals surface area (Å²) < 4.78 is 48.9. The fraction of sp³-hybridized carbons (Fsp3) is 0.607. The fourth-order valence-corrected chi connectivity index (χ4v) is 6.83. The van der Waals surface area contributed by atoms with Gasteiger partial charge in [-0.3, -0.25) is 28.9 Å². The van der Waals surface area contributed by atoms with Crippen molar-refractivity contribution in [3.63, 3.8) is 0 Å². The van der Waals surface area contributed by atoms with Gasteiger partial charge in [0.15, 0.2) is 34.7 Å². The number of fused-ring (bicyclic) bond motifs is 3. The minimum Gasteiger partial charge on any atom is -0.507 e. The Labute approximate surface area is 239 Å². The second-order valence-corrected chi connectivity index (χ2v) is 11.7. The summed E-state index contributed by atoms with van der Waals surface area (Å²) in [6, 6.07) is -0.540. The summed E-state index contributed by atoms with van der Waals surface area (Å²) in [5, 5.41) is 25.2. The third-order valence-corrected chi connectivity index (χ3v) is 8.47. The lowest BCUT2D eigenvalue weighted by molar-refractivity contribution is -0.181. The minimum atomic E-state index is -4.94. The maximum atomic E-state index is 14.5. The summed E-state index contributed by atoms with van der Waals surface area (Å²) in [6.45, 7) is 3.75. The van der Waals surface area contributed by atoms with Gasteiger partial charge in [-0.15, -0.1) is 0 Å². The molecular formula is C28H34F3N3O8. The number of primary amides is 1. The summed E-state index contributed by atoms with van der Waals surface area (Å²) >= 11 is 0. The van der Waals surface area contributed by atoms with Gasteiger partial charge in [-0.25, -0.2) is 0 Å². The van der Waals surface area contributed by atoms with E-state index >= 15 is 0 Å². The third-order valence-electron chi connectivity index (χ3n) is 8.47. The molecule has 1 amide bonds. The van der Waals surface area contributed by atoms with Crippen molar-refractivity contribution in [3.05, 3.63) is 28.3 Å². The Bertz CT molecular complexity index is 1340.